The van der Waals surface area contributed by atoms with Crippen LogP contribution in [0.15, 0.2) is 90.1 Å². The molecule has 3 N–H and O–H groups in total. The topological polar surface area (TPSA) is 117 Å². The summed E-state index contributed by atoms with van der Waals surface area (Å²) in [4.78, 5) is 55.0. The third-order valence-electron chi connectivity index (χ3n) is 7.91. The highest BCUT2D eigenvalue weighted by atomic mass is 16.5. The number of para-hydroxylation sites is 1. The van der Waals surface area contributed by atoms with Crippen LogP contribution in [-0.2, 0) is 27.2 Å². The standard InChI is InChI=1S/C37H44N4O5/c1-25(2)34(41-20-12-19-38-37(41)45)36(44)39-30(21-28-15-7-5-8-16-28)23-32(42)31(22-29-17-9-6-10-18-29)40-33(43)24-46-35-26(3)13-11-14-27(35)4/h5-11,13-18,30-31H,12,19-24H2,1-4H3,(H,38,45)(H,39,44)(H,40,43)/t30?,31-/m0/s1. The molecule has 3 aromatic carbocycles. The summed E-state index contributed by atoms with van der Waals surface area (Å²) in [5.41, 5.74) is 4.64. The van der Waals surface area contributed by atoms with Crippen molar-refractivity contribution in [1.82, 2.24) is 20.9 Å². The smallest absolute Gasteiger partial charge is 0.322 e. The Balaban J connectivity index is 1.54. The maximum absolute atomic E-state index is 14.0. The minimum absolute atomic E-state index is 0.0294. The quantitative estimate of drug-likeness (QED) is 0.223. The molecular weight excluding hydrogens is 580 g/mol. The van der Waals surface area contributed by atoms with Gasteiger partial charge < -0.3 is 20.7 Å². The lowest BCUT2D eigenvalue weighted by molar-refractivity contribution is -0.129. The summed E-state index contributed by atoms with van der Waals surface area (Å²) in [6.07, 6.45) is 1.37. The summed E-state index contributed by atoms with van der Waals surface area (Å²) >= 11 is 0. The normalized spacial score (nSPS) is 14.0. The number of hydrogen-bond acceptors (Lipinski definition) is 5. The Morgan fingerprint density at radius 1 is 0.848 bits per heavy atom. The Labute approximate surface area is 271 Å². The number of allylic oxidation sites excluding steroid dienone is 1. The molecule has 1 saturated heterocycles. The molecule has 9 heteroatoms. The highest BCUT2D eigenvalue weighted by molar-refractivity contribution is 5.98. The summed E-state index contributed by atoms with van der Waals surface area (Å²) in [5, 5.41) is 8.75. The molecule has 1 heterocycles. The van der Waals surface area contributed by atoms with E-state index in [0.29, 0.717) is 30.8 Å². The van der Waals surface area contributed by atoms with Crippen LogP contribution < -0.4 is 20.7 Å². The van der Waals surface area contributed by atoms with Crippen LogP contribution in [0.5, 0.6) is 5.75 Å². The van der Waals surface area contributed by atoms with E-state index in [9.17, 15) is 19.2 Å². The Bertz CT molecular complexity index is 1530. The molecule has 1 aliphatic rings. The molecule has 0 aromatic heterocycles. The van der Waals surface area contributed by atoms with E-state index in [-0.39, 0.29) is 37.0 Å². The summed E-state index contributed by atoms with van der Waals surface area (Å²) in [7, 11) is 0. The molecule has 4 rings (SSSR count). The van der Waals surface area contributed by atoms with Crippen molar-refractivity contribution < 1.29 is 23.9 Å². The van der Waals surface area contributed by atoms with E-state index in [1.165, 1.54) is 4.90 Å². The van der Waals surface area contributed by atoms with E-state index in [4.69, 9.17) is 4.74 Å². The van der Waals surface area contributed by atoms with Gasteiger partial charge in [0.2, 0.25) is 0 Å². The summed E-state index contributed by atoms with van der Waals surface area (Å²) in [5.74, 6) is -0.411. The van der Waals surface area contributed by atoms with Gasteiger partial charge in [-0.2, -0.15) is 0 Å². The van der Waals surface area contributed by atoms with Crippen molar-refractivity contribution in [3.05, 3.63) is 112 Å². The lowest BCUT2D eigenvalue weighted by Crippen LogP contribution is -2.51. The number of ketones is 1. The predicted octanol–water partition coefficient (Wildman–Crippen LogP) is 4.81. The van der Waals surface area contributed by atoms with Crippen molar-refractivity contribution in [3.63, 3.8) is 0 Å². The Morgan fingerprint density at radius 3 is 2.04 bits per heavy atom. The van der Waals surface area contributed by atoms with Crippen molar-refractivity contribution >= 4 is 23.6 Å². The van der Waals surface area contributed by atoms with Crippen molar-refractivity contribution in [2.45, 2.75) is 65.5 Å². The fourth-order valence-corrected chi connectivity index (χ4v) is 5.67. The summed E-state index contributed by atoms with van der Waals surface area (Å²) in [6, 6.07) is 23.1. The molecule has 0 spiro atoms. The molecule has 1 fully saturated rings. The van der Waals surface area contributed by atoms with Crippen LogP contribution in [-0.4, -0.2) is 60.3 Å². The van der Waals surface area contributed by atoms with E-state index in [0.717, 1.165) is 28.7 Å². The first-order chi connectivity index (χ1) is 22.1. The molecule has 2 atom stereocenters. The number of carbonyl (C=O) groups is 4. The fraction of sp³-hybridized carbons (Fsp3) is 0.351. The minimum atomic E-state index is -0.845. The van der Waals surface area contributed by atoms with Gasteiger partial charge in [-0.15, -0.1) is 0 Å². The van der Waals surface area contributed by atoms with E-state index in [1.54, 1.807) is 13.8 Å². The van der Waals surface area contributed by atoms with Crippen molar-refractivity contribution in [2.24, 2.45) is 0 Å². The first kappa shape index (κ1) is 34.0. The van der Waals surface area contributed by atoms with Gasteiger partial charge in [0.25, 0.3) is 11.8 Å². The maximum atomic E-state index is 14.0. The zero-order valence-corrected chi connectivity index (χ0v) is 27.1. The van der Waals surface area contributed by atoms with Crippen LogP contribution in [0.25, 0.3) is 0 Å². The zero-order valence-electron chi connectivity index (χ0n) is 27.1. The molecule has 0 aliphatic carbocycles. The molecule has 9 nitrogen and oxygen atoms in total. The Hall–Kier alpha value is -4.92. The number of hydrogen-bond donors (Lipinski definition) is 3. The maximum Gasteiger partial charge on any atom is 0.322 e. The largest absolute Gasteiger partial charge is 0.483 e. The molecule has 1 aliphatic heterocycles. The highest BCUT2D eigenvalue weighted by Gasteiger charge is 2.30. The summed E-state index contributed by atoms with van der Waals surface area (Å²) in [6.45, 7) is 8.17. The van der Waals surface area contributed by atoms with E-state index >= 15 is 0 Å². The molecule has 3 aromatic rings. The minimum Gasteiger partial charge on any atom is -0.483 e. The van der Waals surface area contributed by atoms with Gasteiger partial charge >= 0.3 is 6.03 Å². The number of amides is 4. The molecule has 242 valence electrons. The number of Topliss-reactive ketones (excluding diaryl/α,β-unsaturated/α-hetero) is 1. The van der Waals surface area contributed by atoms with E-state index < -0.39 is 23.9 Å². The number of benzene rings is 3. The third kappa shape index (κ3) is 9.54. The van der Waals surface area contributed by atoms with Crippen LogP contribution in [0.1, 0.15) is 48.9 Å². The van der Waals surface area contributed by atoms with Gasteiger partial charge in [0.05, 0.1) is 6.04 Å². The molecule has 1 unspecified atom stereocenters. The molecule has 0 radical (unpaired) electrons. The number of aryl methyl sites for hydroxylation is 2. The molecule has 0 bridgehead atoms. The van der Waals surface area contributed by atoms with Crippen molar-refractivity contribution in [2.75, 3.05) is 19.7 Å². The second-order valence-electron chi connectivity index (χ2n) is 11.9. The van der Waals surface area contributed by atoms with Crippen LogP contribution in [0.2, 0.25) is 0 Å². The molecule has 4 amide bonds. The van der Waals surface area contributed by atoms with E-state index in [1.807, 2.05) is 92.7 Å². The molecular formula is C37H44N4O5. The number of rotatable bonds is 14. The predicted molar refractivity (Wildman–Crippen MR) is 178 cm³/mol. The number of carbonyl (C=O) groups excluding carboxylic acids is 4. The monoisotopic (exact) mass is 624 g/mol. The van der Waals surface area contributed by atoms with E-state index in [2.05, 4.69) is 16.0 Å². The van der Waals surface area contributed by atoms with Gasteiger partial charge in [-0.1, -0.05) is 78.9 Å². The van der Waals surface area contributed by atoms with Gasteiger partial charge in [-0.25, -0.2) is 4.79 Å². The van der Waals surface area contributed by atoms with Crippen LogP contribution >= 0.6 is 0 Å². The number of nitrogens with one attached hydrogen (secondary N) is 3. The van der Waals surface area contributed by atoms with Gasteiger partial charge in [-0.3, -0.25) is 19.3 Å². The SMILES string of the molecule is CC(C)=C(C(=O)NC(CC(=O)[C@H](Cc1ccccc1)NC(=O)COc1c(C)cccc1C)Cc1ccccc1)N1CCCNC1=O. The lowest BCUT2D eigenvalue weighted by atomic mass is 9.94. The number of ether oxygens (including phenoxy) is 1. The average Bonchev–Trinajstić information content (AvgIpc) is 3.02. The Kier molecular flexibility index (Phi) is 12.1. The summed E-state index contributed by atoms with van der Waals surface area (Å²) < 4.78 is 5.87. The first-order valence-electron chi connectivity index (χ1n) is 15.7. The second kappa shape index (κ2) is 16.4. The van der Waals surface area contributed by atoms with Crippen LogP contribution in [0.3, 0.4) is 0 Å². The number of urea groups is 1. The molecule has 46 heavy (non-hydrogen) atoms. The zero-order chi connectivity index (χ0) is 33.1. The van der Waals surface area contributed by atoms with Gasteiger partial charge in [0.1, 0.15) is 11.4 Å². The van der Waals surface area contributed by atoms with Gasteiger partial charge in [-0.05, 0) is 74.8 Å². The second-order valence-corrected chi connectivity index (χ2v) is 11.9. The van der Waals surface area contributed by atoms with Crippen LogP contribution in [0.4, 0.5) is 4.79 Å². The first-order valence-corrected chi connectivity index (χ1v) is 15.7. The Morgan fingerprint density at radius 2 is 1.46 bits per heavy atom. The van der Waals surface area contributed by atoms with Gasteiger partial charge in [0, 0.05) is 25.6 Å². The number of nitrogens with zero attached hydrogens (tertiary/aromatic N) is 1. The lowest BCUT2D eigenvalue weighted by Gasteiger charge is -2.31. The third-order valence-corrected chi connectivity index (χ3v) is 7.91. The van der Waals surface area contributed by atoms with Crippen LogP contribution in [0, 0.1) is 13.8 Å². The van der Waals surface area contributed by atoms with Crippen molar-refractivity contribution in [3.8, 4) is 5.75 Å². The van der Waals surface area contributed by atoms with Gasteiger partial charge in [0.15, 0.2) is 12.4 Å². The fourth-order valence-electron chi connectivity index (χ4n) is 5.67. The highest BCUT2D eigenvalue weighted by Crippen LogP contribution is 2.22. The average molecular weight is 625 g/mol. The van der Waals surface area contributed by atoms with Crippen molar-refractivity contribution in [1.29, 1.82) is 0 Å². The molecule has 0 saturated carbocycles.